The molecule has 1 unspecified atom stereocenters. The molecule has 0 saturated carbocycles. The number of hydrogen-bond acceptors (Lipinski definition) is 3. The molecule has 0 aliphatic heterocycles. The second-order valence-corrected chi connectivity index (χ2v) is 4.67. The first-order valence-electron chi connectivity index (χ1n) is 6.28. The van der Waals surface area contributed by atoms with Crippen LogP contribution in [-0.2, 0) is 0 Å². The monoisotopic (exact) mass is 252 g/mol. The third kappa shape index (κ3) is 2.44. The number of fused-ring (bicyclic) bond motifs is 1. The average molecular weight is 252 g/mol. The summed E-state index contributed by atoms with van der Waals surface area (Å²) in [5, 5.41) is 4.47. The maximum Gasteiger partial charge on any atom is 0.130 e. The molecule has 0 spiro atoms. The van der Waals surface area contributed by atoms with E-state index in [-0.39, 0.29) is 6.04 Å². The molecule has 0 aliphatic rings. The van der Waals surface area contributed by atoms with Gasteiger partial charge in [0.15, 0.2) is 0 Å². The van der Waals surface area contributed by atoms with Crippen LogP contribution in [0.2, 0.25) is 0 Å². The molecule has 4 N–H and O–H groups in total. The first-order valence-corrected chi connectivity index (χ1v) is 6.28. The molecular weight excluding hydrogens is 236 g/mol. The molecule has 4 nitrogen and oxygen atoms in total. The Morgan fingerprint density at radius 2 is 2.11 bits per heavy atom. The number of pyridine rings is 1. The van der Waals surface area contributed by atoms with Crippen molar-refractivity contribution in [2.24, 2.45) is 5.73 Å². The predicted molar refractivity (Wildman–Crippen MR) is 78.4 cm³/mol. The van der Waals surface area contributed by atoms with Crippen LogP contribution in [0.4, 0.5) is 11.5 Å². The molecule has 2 heterocycles. The van der Waals surface area contributed by atoms with Gasteiger partial charge in [0.25, 0.3) is 0 Å². The molecule has 1 atom stereocenters. The van der Waals surface area contributed by atoms with Gasteiger partial charge in [-0.25, -0.2) is 4.98 Å². The van der Waals surface area contributed by atoms with Crippen LogP contribution in [0.25, 0.3) is 10.9 Å². The largest absolute Gasteiger partial charge is 0.361 e. The van der Waals surface area contributed by atoms with E-state index in [1.807, 2.05) is 43.5 Å². The number of nitrogens with zero attached hydrogens (tertiary/aromatic N) is 1. The van der Waals surface area contributed by atoms with Gasteiger partial charge in [0, 0.05) is 35.0 Å². The average Bonchev–Trinajstić information content (AvgIpc) is 2.86. The molecule has 2 aromatic heterocycles. The van der Waals surface area contributed by atoms with Gasteiger partial charge in [-0.3, -0.25) is 0 Å². The molecule has 19 heavy (non-hydrogen) atoms. The zero-order valence-electron chi connectivity index (χ0n) is 10.7. The predicted octanol–water partition coefficient (Wildman–Crippen LogP) is 3.33. The summed E-state index contributed by atoms with van der Waals surface area (Å²) < 4.78 is 0. The first kappa shape index (κ1) is 11.7. The molecule has 0 aliphatic carbocycles. The normalized spacial score (nSPS) is 12.5. The van der Waals surface area contributed by atoms with E-state index in [2.05, 4.69) is 21.4 Å². The van der Waals surface area contributed by atoms with Gasteiger partial charge in [-0.1, -0.05) is 0 Å². The number of nitrogens with one attached hydrogen (secondary N) is 2. The number of rotatable bonds is 3. The van der Waals surface area contributed by atoms with E-state index in [9.17, 15) is 0 Å². The molecule has 0 bridgehead atoms. The van der Waals surface area contributed by atoms with Crippen molar-refractivity contribution in [1.29, 1.82) is 0 Å². The van der Waals surface area contributed by atoms with Gasteiger partial charge in [-0.2, -0.15) is 0 Å². The van der Waals surface area contributed by atoms with Crippen LogP contribution in [0.3, 0.4) is 0 Å². The van der Waals surface area contributed by atoms with Crippen molar-refractivity contribution in [3.05, 3.63) is 54.4 Å². The summed E-state index contributed by atoms with van der Waals surface area (Å²) >= 11 is 0. The highest BCUT2D eigenvalue weighted by Crippen LogP contribution is 2.21. The molecule has 4 heteroatoms. The van der Waals surface area contributed by atoms with Gasteiger partial charge in [0.1, 0.15) is 5.82 Å². The van der Waals surface area contributed by atoms with E-state index in [0.717, 1.165) is 22.6 Å². The van der Waals surface area contributed by atoms with Gasteiger partial charge in [0.05, 0.1) is 0 Å². The van der Waals surface area contributed by atoms with Gasteiger partial charge in [-0.15, -0.1) is 0 Å². The highest BCUT2D eigenvalue weighted by molar-refractivity contribution is 5.83. The summed E-state index contributed by atoms with van der Waals surface area (Å²) in [6.45, 7) is 1.96. The molecule has 1 aromatic carbocycles. The van der Waals surface area contributed by atoms with Crippen molar-refractivity contribution >= 4 is 22.4 Å². The van der Waals surface area contributed by atoms with Crippen LogP contribution in [-0.4, -0.2) is 9.97 Å². The third-order valence-corrected chi connectivity index (χ3v) is 3.14. The molecular formula is C15H16N4. The van der Waals surface area contributed by atoms with Crippen molar-refractivity contribution < 1.29 is 0 Å². The van der Waals surface area contributed by atoms with Gasteiger partial charge in [-0.05, 0) is 48.9 Å². The number of benzene rings is 1. The Kier molecular flexibility index (Phi) is 2.93. The highest BCUT2D eigenvalue weighted by atomic mass is 15.0. The van der Waals surface area contributed by atoms with Crippen molar-refractivity contribution in [2.45, 2.75) is 13.0 Å². The number of H-pyrrole nitrogens is 1. The van der Waals surface area contributed by atoms with Crippen LogP contribution < -0.4 is 11.1 Å². The van der Waals surface area contributed by atoms with Gasteiger partial charge < -0.3 is 16.0 Å². The first-order chi connectivity index (χ1) is 9.22. The zero-order chi connectivity index (χ0) is 13.2. The van der Waals surface area contributed by atoms with E-state index >= 15 is 0 Å². The number of nitrogens with two attached hydrogens (primary N) is 1. The topological polar surface area (TPSA) is 66.7 Å². The minimum atomic E-state index is 0.00991. The summed E-state index contributed by atoms with van der Waals surface area (Å²) in [5.41, 5.74) is 9.09. The number of aromatic amines is 1. The molecule has 3 rings (SSSR count). The third-order valence-electron chi connectivity index (χ3n) is 3.14. The highest BCUT2D eigenvalue weighted by Gasteiger charge is 2.03. The number of aromatic nitrogens is 2. The molecule has 0 saturated heterocycles. The van der Waals surface area contributed by atoms with E-state index < -0.39 is 0 Å². The Morgan fingerprint density at radius 1 is 1.21 bits per heavy atom. The van der Waals surface area contributed by atoms with E-state index in [1.54, 1.807) is 6.20 Å². The van der Waals surface area contributed by atoms with Crippen LogP contribution in [0, 0.1) is 0 Å². The minimum Gasteiger partial charge on any atom is -0.361 e. The van der Waals surface area contributed by atoms with Crippen molar-refractivity contribution in [3.63, 3.8) is 0 Å². The lowest BCUT2D eigenvalue weighted by Gasteiger charge is -2.09. The summed E-state index contributed by atoms with van der Waals surface area (Å²) in [6, 6.07) is 12.1. The van der Waals surface area contributed by atoms with Crippen LogP contribution in [0.5, 0.6) is 0 Å². The van der Waals surface area contributed by atoms with E-state index in [1.165, 1.54) is 5.39 Å². The van der Waals surface area contributed by atoms with Crippen LogP contribution >= 0.6 is 0 Å². The maximum atomic E-state index is 5.88. The number of anilines is 2. The summed E-state index contributed by atoms with van der Waals surface area (Å²) in [5.74, 6) is 0.810. The van der Waals surface area contributed by atoms with Gasteiger partial charge >= 0.3 is 0 Å². The van der Waals surface area contributed by atoms with Gasteiger partial charge in [0.2, 0.25) is 0 Å². The second-order valence-electron chi connectivity index (χ2n) is 4.67. The lowest BCUT2D eigenvalue weighted by Crippen LogP contribution is -2.05. The SMILES string of the molecule is CC(N)c1ccnc(Nc2ccc3[nH]ccc3c2)c1. The molecule has 0 radical (unpaired) electrons. The second kappa shape index (κ2) is 4.74. The van der Waals surface area contributed by atoms with Crippen molar-refractivity contribution in [1.82, 2.24) is 9.97 Å². The Bertz CT molecular complexity index is 700. The van der Waals surface area contributed by atoms with Crippen LogP contribution in [0.1, 0.15) is 18.5 Å². The molecule has 0 amide bonds. The Balaban J connectivity index is 1.89. The Hall–Kier alpha value is -2.33. The fourth-order valence-electron chi connectivity index (χ4n) is 2.08. The smallest absolute Gasteiger partial charge is 0.130 e. The lowest BCUT2D eigenvalue weighted by atomic mass is 10.1. The van der Waals surface area contributed by atoms with E-state index in [0.29, 0.717) is 0 Å². The van der Waals surface area contributed by atoms with Crippen molar-refractivity contribution in [2.75, 3.05) is 5.32 Å². The molecule has 0 fully saturated rings. The fraction of sp³-hybridized carbons (Fsp3) is 0.133. The lowest BCUT2D eigenvalue weighted by molar-refractivity contribution is 0.816. The summed E-state index contributed by atoms with van der Waals surface area (Å²) in [7, 11) is 0. The summed E-state index contributed by atoms with van der Waals surface area (Å²) in [6.07, 6.45) is 3.71. The van der Waals surface area contributed by atoms with Crippen LogP contribution in [0.15, 0.2) is 48.8 Å². The van der Waals surface area contributed by atoms with E-state index in [4.69, 9.17) is 5.73 Å². The molecule has 96 valence electrons. The van der Waals surface area contributed by atoms with Crippen molar-refractivity contribution in [3.8, 4) is 0 Å². The Labute approximate surface area is 111 Å². The Morgan fingerprint density at radius 3 is 2.95 bits per heavy atom. The quantitative estimate of drug-likeness (QED) is 0.669. The number of hydrogen-bond donors (Lipinski definition) is 3. The standard InChI is InChI=1S/C15H16N4/c1-10(16)11-4-7-18-15(9-11)19-13-2-3-14-12(8-13)5-6-17-14/h2-10,17H,16H2,1H3,(H,18,19). The minimum absolute atomic E-state index is 0.00991. The fourth-order valence-corrected chi connectivity index (χ4v) is 2.08. The molecule has 3 aromatic rings. The zero-order valence-corrected chi connectivity index (χ0v) is 10.7. The summed E-state index contributed by atoms with van der Waals surface area (Å²) in [4.78, 5) is 7.49. The maximum absolute atomic E-state index is 5.88.